The molecule has 1 aliphatic rings. The van der Waals surface area contributed by atoms with E-state index in [9.17, 15) is 9.90 Å². The monoisotopic (exact) mass is 285 g/mol. The minimum absolute atomic E-state index is 0.0139. The Morgan fingerprint density at radius 2 is 2.25 bits per heavy atom. The molecule has 1 aromatic heterocycles. The summed E-state index contributed by atoms with van der Waals surface area (Å²) in [6.07, 6.45) is 1.12. The Morgan fingerprint density at radius 1 is 1.50 bits per heavy atom. The van der Waals surface area contributed by atoms with Gasteiger partial charge in [0.25, 0.3) is 0 Å². The third kappa shape index (κ3) is 3.75. The Balaban J connectivity index is 1.93. The molecule has 1 saturated carbocycles. The minimum Gasteiger partial charge on any atom is -0.476 e. The van der Waals surface area contributed by atoms with E-state index in [0.29, 0.717) is 18.9 Å². The highest BCUT2D eigenvalue weighted by atomic mass is 16.5. The second-order valence-electron chi connectivity index (χ2n) is 4.81. The molecule has 2 N–H and O–H groups in total. The number of carboxylic acid groups (broad SMARTS) is 1. The lowest BCUT2D eigenvalue weighted by Gasteiger charge is -2.12. The highest BCUT2D eigenvalue weighted by Gasteiger charge is 2.34. The molecule has 1 unspecified atom stereocenters. The van der Waals surface area contributed by atoms with Gasteiger partial charge in [-0.15, -0.1) is 5.10 Å². The number of aliphatic hydroxyl groups excluding tert-OH is 1. The van der Waals surface area contributed by atoms with E-state index in [1.807, 2.05) is 0 Å². The average Bonchev–Trinajstić information content (AvgIpc) is 3.16. The number of ether oxygens (including phenoxy) is 2. The summed E-state index contributed by atoms with van der Waals surface area (Å²) < 4.78 is 11.5. The van der Waals surface area contributed by atoms with Crippen molar-refractivity contribution < 1.29 is 24.5 Å². The first kappa shape index (κ1) is 14.9. The molecule has 1 aliphatic carbocycles. The van der Waals surface area contributed by atoms with Crippen molar-refractivity contribution in [3.63, 3.8) is 0 Å². The van der Waals surface area contributed by atoms with Gasteiger partial charge in [0, 0.05) is 13.0 Å². The molecular formula is C12H19N3O5. The van der Waals surface area contributed by atoms with Crippen molar-refractivity contribution in [2.75, 3.05) is 26.9 Å². The quantitative estimate of drug-likeness (QED) is 0.609. The molecular weight excluding hydrogens is 266 g/mol. The summed E-state index contributed by atoms with van der Waals surface area (Å²) in [6.45, 7) is 1.20. The van der Waals surface area contributed by atoms with Gasteiger partial charge in [0.15, 0.2) is 5.69 Å². The topological polar surface area (TPSA) is 107 Å². The van der Waals surface area contributed by atoms with E-state index in [1.54, 1.807) is 7.11 Å². The van der Waals surface area contributed by atoms with Crippen LogP contribution in [0.25, 0.3) is 0 Å². The highest BCUT2D eigenvalue weighted by Crippen LogP contribution is 2.41. The predicted octanol–water partition coefficient (Wildman–Crippen LogP) is -0.122. The fraction of sp³-hybridized carbons (Fsp3) is 0.750. The van der Waals surface area contributed by atoms with E-state index in [4.69, 9.17) is 14.6 Å². The van der Waals surface area contributed by atoms with E-state index in [1.165, 1.54) is 4.68 Å². The molecule has 1 aromatic rings. The van der Waals surface area contributed by atoms with Crippen LogP contribution in [-0.2, 0) is 16.0 Å². The van der Waals surface area contributed by atoms with Crippen LogP contribution in [-0.4, -0.2) is 64.2 Å². The van der Waals surface area contributed by atoms with Gasteiger partial charge in [-0.2, -0.15) is 0 Å². The molecule has 8 heteroatoms. The van der Waals surface area contributed by atoms with Gasteiger partial charge in [-0.05, 0) is 12.8 Å². The number of nitrogens with zero attached hydrogens (tertiary/aromatic N) is 3. The smallest absolute Gasteiger partial charge is 0.358 e. The second kappa shape index (κ2) is 6.78. The standard InChI is InChI=1S/C12H19N3O5/c1-19-4-5-20-7-9(16)6-15-11(8-2-3-8)10(12(17)18)13-14-15/h8-9,16H,2-7H2,1H3,(H,17,18). The molecule has 1 atom stereocenters. The summed E-state index contributed by atoms with van der Waals surface area (Å²) in [4.78, 5) is 11.1. The average molecular weight is 285 g/mol. The molecule has 1 heterocycles. The van der Waals surface area contributed by atoms with Crippen molar-refractivity contribution in [3.05, 3.63) is 11.4 Å². The van der Waals surface area contributed by atoms with Crippen LogP contribution >= 0.6 is 0 Å². The molecule has 0 spiro atoms. The molecule has 1 fully saturated rings. The van der Waals surface area contributed by atoms with Crippen LogP contribution in [0.1, 0.15) is 34.9 Å². The Bertz CT molecular complexity index is 458. The molecule has 112 valence electrons. The fourth-order valence-electron chi connectivity index (χ4n) is 1.98. The van der Waals surface area contributed by atoms with Crippen molar-refractivity contribution in [2.24, 2.45) is 0 Å². The largest absolute Gasteiger partial charge is 0.476 e. The molecule has 2 rings (SSSR count). The van der Waals surface area contributed by atoms with Crippen LogP contribution in [0, 0.1) is 0 Å². The van der Waals surface area contributed by atoms with Gasteiger partial charge in [-0.1, -0.05) is 5.21 Å². The van der Waals surface area contributed by atoms with E-state index in [-0.39, 0.29) is 24.8 Å². The van der Waals surface area contributed by atoms with Crippen molar-refractivity contribution in [1.82, 2.24) is 15.0 Å². The summed E-state index contributed by atoms with van der Waals surface area (Å²) in [5, 5.41) is 26.5. The lowest BCUT2D eigenvalue weighted by atomic mass is 10.2. The van der Waals surface area contributed by atoms with Crippen LogP contribution in [0.15, 0.2) is 0 Å². The summed E-state index contributed by atoms with van der Waals surface area (Å²) in [5.41, 5.74) is 0.591. The first-order valence-corrected chi connectivity index (χ1v) is 6.55. The summed E-state index contributed by atoms with van der Waals surface area (Å²) in [7, 11) is 1.57. The van der Waals surface area contributed by atoms with E-state index >= 15 is 0 Å². The lowest BCUT2D eigenvalue weighted by Crippen LogP contribution is -2.24. The van der Waals surface area contributed by atoms with E-state index in [2.05, 4.69) is 10.3 Å². The highest BCUT2D eigenvalue weighted by molar-refractivity contribution is 5.86. The van der Waals surface area contributed by atoms with Gasteiger partial charge in [-0.3, -0.25) is 0 Å². The van der Waals surface area contributed by atoms with Gasteiger partial charge in [-0.25, -0.2) is 9.48 Å². The zero-order valence-electron chi connectivity index (χ0n) is 11.4. The molecule has 20 heavy (non-hydrogen) atoms. The summed E-state index contributed by atoms with van der Waals surface area (Å²) >= 11 is 0. The zero-order chi connectivity index (χ0) is 14.5. The number of carbonyl (C=O) groups is 1. The van der Waals surface area contributed by atoms with Gasteiger partial charge in [0.2, 0.25) is 0 Å². The summed E-state index contributed by atoms with van der Waals surface area (Å²) in [6, 6.07) is 0. The Labute approximate surface area is 116 Å². The maximum absolute atomic E-state index is 11.1. The summed E-state index contributed by atoms with van der Waals surface area (Å²) in [5.74, 6) is -0.887. The van der Waals surface area contributed by atoms with Gasteiger partial charge >= 0.3 is 5.97 Å². The number of methoxy groups -OCH3 is 1. The lowest BCUT2D eigenvalue weighted by molar-refractivity contribution is 0.00547. The zero-order valence-corrected chi connectivity index (χ0v) is 11.4. The Hall–Kier alpha value is -1.51. The SMILES string of the molecule is COCCOCC(O)Cn1nnc(C(=O)O)c1C1CC1. The normalized spacial score (nSPS) is 16.3. The van der Waals surface area contributed by atoms with Crippen molar-refractivity contribution in [2.45, 2.75) is 31.4 Å². The maximum atomic E-state index is 11.1. The van der Waals surface area contributed by atoms with Gasteiger partial charge in [0.1, 0.15) is 0 Å². The number of rotatable bonds is 9. The first-order valence-electron chi connectivity index (χ1n) is 6.55. The second-order valence-corrected chi connectivity index (χ2v) is 4.81. The number of aliphatic hydroxyl groups is 1. The number of hydrogen-bond donors (Lipinski definition) is 2. The van der Waals surface area contributed by atoms with E-state index in [0.717, 1.165) is 12.8 Å². The van der Waals surface area contributed by atoms with E-state index < -0.39 is 12.1 Å². The Kier molecular flexibility index (Phi) is 5.05. The first-order chi connectivity index (χ1) is 9.63. The van der Waals surface area contributed by atoms with Crippen LogP contribution < -0.4 is 0 Å². The van der Waals surface area contributed by atoms with Crippen molar-refractivity contribution in [3.8, 4) is 0 Å². The maximum Gasteiger partial charge on any atom is 0.358 e. The number of carboxylic acids is 1. The molecule has 0 saturated heterocycles. The fourth-order valence-corrected chi connectivity index (χ4v) is 1.98. The molecule has 0 bridgehead atoms. The molecule has 0 aromatic carbocycles. The number of aromatic carboxylic acids is 1. The van der Waals surface area contributed by atoms with Gasteiger partial charge in [0.05, 0.1) is 38.2 Å². The van der Waals surface area contributed by atoms with Crippen LogP contribution in [0.5, 0.6) is 0 Å². The van der Waals surface area contributed by atoms with Crippen LogP contribution in [0.2, 0.25) is 0 Å². The van der Waals surface area contributed by atoms with Crippen LogP contribution in [0.3, 0.4) is 0 Å². The molecule has 8 nitrogen and oxygen atoms in total. The van der Waals surface area contributed by atoms with Crippen molar-refractivity contribution in [1.29, 1.82) is 0 Å². The van der Waals surface area contributed by atoms with Gasteiger partial charge < -0.3 is 19.7 Å². The molecule has 0 radical (unpaired) electrons. The predicted molar refractivity (Wildman–Crippen MR) is 67.7 cm³/mol. The third-order valence-corrected chi connectivity index (χ3v) is 3.07. The molecule has 0 aliphatic heterocycles. The number of hydrogen-bond acceptors (Lipinski definition) is 6. The number of aromatic nitrogens is 3. The van der Waals surface area contributed by atoms with Crippen LogP contribution in [0.4, 0.5) is 0 Å². The van der Waals surface area contributed by atoms with Crippen molar-refractivity contribution >= 4 is 5.97 Å². The Morgan fingerprint density at radius 3 is 2.85 bits per heavy atom. The minimum atomic E-state index is -1.08. The third-order valence-electron chi connectivity index (χ3n) is 3.07. The molecule has 0 amide bonds.